The smallest absolute Gasteiger partial charge is 0.268 e. The van der Waals surface area contributed by atoms with Crippen molar-refractivity contribution in [2.24, 2.45) is 5.73 Å². The molecule has 0 spiro atoms. The van der Waals surface area contributed by atoms with E-state index in [-0.39, 0.29) is 11.1 Å². The zero-order chi connectivity index (χ0) is 15.4. The van der Waals surface area contributed by atoms with Crippen molar-refractivity contribution in [3.05, 3.63) is 67.2 Å². The monoisotopic (exact) mass is 283 g/mol. The third-order valence-corrected chi connectivity index (χ3v) is 3.31. The minimum absolute atomic E-state index is 0.189. The lowest BCUT2D eigenvalue weighted by molar-refractivity contribution is 0.618. The lowest BCUT2D eigenvalue weighted by Crippen LogP contribution is -2.33. The largest absolute Gasteiger partial charge is 0.320 e. The first-order chi connectivity index (χ1) is 10.0. The molecule has 0 aliphatic heterocycles. The average molecular weight is 283 g/mol. The molecule has 5 nitrogen and oxygen atoms in total. The first-order valence-electron chi connectivity index (χ1n) is 6.61. The van der Waals surface area contributed by atoms with Crippen LogP contribution < -0.4 is 16.9 Å². The van der Waals surface area contributed by atoms with Crippen LogP contribution in [0.3, 0.4) is 0 Å². The van der Waals surface area contributed by atoms with Crippen molar-refractivity contribution in [3.63, 3.8) is 0 Å². The van der Waals surface area contributed by atoms with E-state index in [1.807, 2.05) is 24.3 Å². The van der Waals surface area contributed by atoms with Gasteiger partial charge in [-0.05, 0) is 31.5 Å². The molecule has 2 rings (SSSR count). The van der Waals surface area contributed by atoms with Gasteiger partial charge >= 0.3 is 0 Å². The topological polar surface area (TPSA) is 80.9 Å². The maximum absolute atomic E-state index is 12.2. The van der Waals surface area contributed by atoms with Crippen molar-refractivity contribution in [2.75, 3.05) is 6.54 Å². The van der Waals surface area contributed by atoms with Gasteiger partial charge in [0.05, 0.1) is 13.1 Å². The summed E-state index contributed by atoms with van der Waals surface area (Å²) in [5, 5.41) is 2.59. The zero-order valence-electron chi connectivity index (χ0n) is 12.1. The standard InChI is InChI=1S/C16H17N3O2/c1-11-12(2)16(21)19(18-15(11)20)10-14-6-3-5-13(9-14)7-4-8-17/h3,5-6,9H,8,10,17H2,1-2H3,(H,18,20). The molecule has 3 N–H and O–H groups in total. The van der Waals surface area contributed by atoms with E-state index in [2.05, 4.69) is 16.9 Å². The number of nitrogens with one attached hydrogen (secondary N) is 1. The van der Waals surface area contributed by atoms with Crippen LogP contribution in [0, 0.1) is 25.7 Å². The molecule has 21 heavy (non-hydrogen) atoms. The lowest BCUT2D eigenvalue weighted by atomic mass is 10.1. The van der Waals surface area contributed by atoms with Crippen molar-refractivity contribution < 1.29 is 0 Å². The molecule has 1 heterocycles. The van der Waals surface area contributed by atoms with Crippen molar-refractivity contribution >= 4 is 0 Å². The molecule has 0 unspecified atom stereocenters. The number of nitrogens with zero attached hydrogens (tertiary/aromatic N) is 1. The molecule has 0 bridgehead atoms. The summed E-state index contributed by atoms with van der Waals surface area (Å²) in [6.45, 7) is 3.90. The Morgan fingerprint density at radius 2 is 2.00 bits per heavy atom. The maximum Gasteiger partial charge on any atom is 0.268 e. The van der Waals surface area contributed by atoms with E-state index >= 15 is 0 Å². The van der Waals surface area contributed by atoms with Gasteiger partial charge in [0, 0.05) is 16.7 Å². The van der Waals surface area contributed by atoms with Gasteiger partial charge in [-0.25, -0.2) is 4.68 Å². The molecular formula is C16H17N3O2. The molecule has 0 fully saturated rings. The first-order valence-corrected chi connectivity index (χ1v) is 6.61. The molecule has 1 aromatic heterocycles. The summed E-state index contributed by atoms with van der Waals surface area (Å²) in [7, 11) is 0. The van der Waals surface area contributed by atoms with Crippen LogP contribution in [-0.2, 0) is 6.54 Å². The van der Waals surface area contributed by atoms with Crippen molar-refractivity contribution in [3.8, 4) is 11.8 Å². The summed E-state index contributed by atoms with van der Waals surface area (Å²) in [5.74, 6) is 5.73. The van der Waals surface area contributed by atoms with Gasteiger partial charge in [0.2, 0.25) is 0 Å². The van der Waals surface area contributed by atoms with E-state index in [4.69, 9.17) is 5.73 Å². The molecule has 0 saturated heterocycles. The van der Waals surface area contributed by atoms with Crippen molar-refractivity contribution in [2.45, 2.75) is 20.4 Å². The van der Waals surface area contributed by atoms with Gasteiger partial charge in [0.15, 0.2) is 0 Å². The summed E-state index contributed by atoms with van der Waals surface area (Å²) < 4.78 is 1.32. The fourth-order valence-corrected chi connectivity index (χ4v) is 1.98. The fraction of sp³-hybridized carbons (Fsp3) is 0.250. The van der Waals surface area contributed by atoms with Crippen LogP contribution in [0.2, 0.25) is 0 Å². The van der Waals surface area contributed by atoms with E-state index in [0.717, 1.165) is 11.1 Å². The highest BCUT2D eigenvalue weighted by atomic mass is 16.2. The Kier molecular flexibility index (Phi) is 4.41. The number of H-pyrrole nitrogens is 1. The van der Waals surface area contributed by atoms with Crippen LogP contribution >= 0.6 is 0 Å². The second-order valence-electron chi connectivity index (χ2n) is 4.79. The summed E-state index contributed by atoms with van der Waals surface area (Å²) in [6, 6.07) is 7.49. The van der Waals surface area contributed by atoms with Crippen LogP contribution in [0.1, 0.15) is 22.3 Å². The second-order valence-corrected chi connectivity index (χ2v) is 4.79. The van der Waals surface area contributed by atoms with E-state index in [1.54, 1.807) is 13.8 Å². The molecule has 0 radical (unpaired) electrons. The normalized spacial score (nSPS) is 10.0. The number of nitrogens with two attached hydrogens (primary N) is 1. The Bertz CT molecular complexity index is 835. The molecule has 0 aliphatic rings. The number of aromatic amines is 1. The predicted molar refractivity (Wildman–Crippen MR) is 82.3 cm³/mol. The molecule has 0 aliphatic carbocycles. The predicted octanol–water partition coefficient (Wildman–Crippen LogP) is 0.512. The summed E-state index contributed by atoms with van der Waals surface area (Å²) in [5.41, 5.74) is 7.56. The molecule has 108 valence electrons. The van der Waals surface area contributed by atoms with Crippen LogP contribution in [0.15, 0.2) is 33.9 Å². The van der Waals surface area contributed by atoms with Gasteiger partial charge in [0.25, 0.3) is 11.1 Å². The summed E-state index contributed by atoms with van der Waals surface area (Å²) in [4.78, 5) is 23.9. The Labute approximate surface area is 122 Å². The number of hydrogen-bond donors (Lipinski definition) is 2. The maximum atomic E-state index is 12.2. The molecule has 0 atom stereocenters. The minimum atomic E-state index is -0.244. The average Bonchev–Trinajstić information content (AvgIpc) is 2.49. The van der Waals surface area contributed by atoms with Crippen molar-refractivity contribution in [1.29, 1.82) is 0 Å². The summed E-state index contributed by atoms with van der Waals surface area (Å²) >= 11 is 0. The third-order valence-electron chi connectivity index (χ3n) is 3.31. The van der Waals surface area contributed by atoms with E-state index in [1.165, 1.54) is 4.68 Å². The minimum Gasteiger partial charge on any atom is -0.320 e. The Hall–Kier alpha value is -2.58. The van der Waals surface area contributed by atoms with Crippen molar-refractivity contribution in [1.82, 2.24) is 9.78 Å². The number of rotatable bonds is 2. The lowest BCUT2D eigenvalue weighted by Gasteiger charge is -2.08. The molecular weight excluding hydrogens is 266 g/mol. The highest BCUT2D eigenvalue weighted by molar-refractivity contribution is 5.37. The Balaban J connectivity index is 2.39. The first kappa shape index (κ1) is 14.8. The zero-order valence-corrected chi connectivity index (χ0v) is 12.1. The highest BCUT2D eigenvalue weighted by Crippen LogP contribution is 2.05. The fourth-order valence-electron chi connectivity index (χ4n) is 1.98. The van der Waals surface area contributed by atoms with Gasteiger partial charge in [-0.1, -0.05) is 24.0 Å². The Morgan fingerprint density at radius 3 is 2.71 bits per heavy atom. The number of aromatic nitrogens is 2. The number of hydrogen-bond acceptors (Lipinski definition) is 3. The summed E-state index contributed by atoms with van der Waals surface area (Å²) in [6.07, 6.45) is 0. The molecule has 0 amide bonds. The van der Waals surface area contributed by atoms with Crippen LogP contribution in [0.4, 0.5) is 0 Å². The molecule has 0 saturated carbocycles. The number of benzene rings is 1. The van der Waals surface area contributed by atoms with E-state index < -0.39 is 0 Å². The van der Waals surface area contributed by atoms with Crippen LogP contribution in [0.25, 0.3) is 0 Å². The van der Waals surface area contributed by atoms with E-state index in [0.29, 0.717) is 24.2 Å². The van der Waals surface area contributed by atoms with Crippen LogP contribution in [-0.4, -0.2) is 16.3 Å². The van der Waals surface area contributed by atoms with Gasteiger partial charge in [-0.15, -0.1) is 0 Å². The van der Waals surface area contributed by atoms with Gasteiger partial charge < -0.3 is 5.73 Å². The molecule has 2 aromatic rings. The van der Waals surface area contributed by atoms with Gasteiger partial charge in [-0.3, -0.25) is 14.7 Å². The SMILES string of the molecule is Cc1c(C)c(=O)n(Cc2cccc(C#CCN)c2)[nH]c1=O. The Morgan fingerprint density at radius 1 is 1.24 bits per heavy atom. The van der Waals surface area contributed by atoms with Gasteiger partial charge in [-0.2, -0.15) is 0 Å². The quantitative estimate of drug-likeness (QED) is 0.788. The van der Waals surface area contributed by atoms with E-state index in [9.17, 15) is 9.59 Å². The third kappa shape index (κ3) is 3.30. The second kappa shape index (κ2) is 6.25. The molecule has 1 aromatic carbocycles. The molecule has 5 heteroatoms. The van der Waals surface area contributed by atoms with Crippen LogP contribution in [0.5, 0.6) is 0 Å². The van der Waals surface area contributed by atoms with Gasteiger partial charge in [0.1, 0.15) is 0 Å². The highest BCUT2D eigenvalue weighted by Gasteiger charge is 2.07.